The molecule has 20 heavy (non-hydrogen) atoms. The van der Waals surface area contributed by atoms with E-state index in [0.717, 1.165) is 37.5 Å². The molecule has 0 spiro atoms. The molecule has 1 fully saturated rings. The second-order valence-corrected chi connectivity index (χ2v) is 5.17. The minimum atomic E-state index is -0.560. The molecule has 0 atom stereocenters. The van der Waals surface area contributed by atoms with Crippen LogP contribution in [0.15, 0.2) is 12.1 Å². The number of primary amides is 1. The fourth-order valence-electron chi connectivity index (χ4n) is 2.95. The molecule has 0 aliphatic heterocycles. The van der Waals surface area contributed by atoms with Crippen LogP contribution in [0.3, 0.4) is 0 Å². The average Bonchev–Trinajstić information content (AvgIpc) is 2.45. The highest BCUT2D eigenvalue weighted by Crippen LogP contribution is 2.42. The number of aromatic hydroxyl groups is 1. The molecular formula is C15H20N2O3. The number of anilines is 1. The summed E-state index contributed by atoms with van der Waals surface area (Å²) in [5.74, 6) is -0.192. The number of phenols is 1. The summed E-state index contributed by atoms with van der Waals surface area (Å²) in [5, 5.41) is 13.1. The van der Waals surface area contributed by atoms with Crippen molar-refractivity contribution in [3.63, 3.8) is 0 Å². The van der Waals surface area contributed by atoms with Gasteiger partial charge in [0.05, 0.1) is 17.8 Å². The van der Waals surface area contributed by atoms with E-state index in [1.807, 2.05) is 0 Å². The second kappa shape index (κ2) is 6.41. The molecule has 1 saturated carbocycles. The molecular weight excluding hydrogens is 256 g/mol. The van der Waals surface area contributed by atoms with Crippen molar-refractivity contribution in [1.82, 2.24) is 0 Å². The van der Waals surface area contributed by atoms with Crippen LogP contribution in [0, 0.1) is 0 Å². The molecule has 4 N–H and O–H groups in total. The lowest BCUT2D eigenvalue weighted by Crippen LogP contribution is -2.18. The van der Waals surface area contributed by atoms with E-state index >= 15 is 0 Å². The van der Waals surface area contributed by atoms with E-state index in [4.69, 9.17) is 5.73 Å². The molecule has 0 radical (unpaired) electrons. The Bertz CT molecular complexity index is 508. The number of carbonyl (C=O) groups is 2. The van der Waals surface area contributed by atoms with Gasteiger partial charge >= 0.3 is 0 Å². The Balaban J connectivity index is 2.47. The van der Waals surface area contributed by atoms with Gasteiger partial charge in [0, 0.05) is 5.56 Å². The van der Waals surface area contributed by atoms with Crippen molar-refractivity contribution in [3.8, 4) is 5.75 Å². The van der Waals surface area contributed by atoms with E-state index in [9.17, 15) is 14.7 Å². The number of phenolic OH excluding ortho intramolecular Hbond substituents is 1. The molecule has 1 aromatic carbocycles. The third kappa shape index (κ3) is 2.92. The van der Waals surface area contributed by atoms with Crippen LogP contribution in [0.1, 0.15) is 53.9 Å². The highest BCUT2D eigenvalue weighted by molar-refractivity contribution is 6.00. The Morgan fingerprint density at radius 1 is 1.35 bits per heavy atom. The third-order valence-corrected chi connectivity index (χ3v) is 3.86. The summed E-state index contributed by atoms with van der Waals surface area (Å²) in [6, 6.07) is 3.01. The number of hydrogen-bond donors (Lipinski definition) is 3. The Hall–Kier alpha value is -2.04. The summed E-state index contributed by atoms with van der Waals surface area (Å²) < 4.78 is 0. The van der Waals surface area contributed by atoms with E-state index in [1.54, 1.807) is 0 Å². The van der Waals surface area contributed by atoms with Crippen LogP contribution in [-0.4, -0.2) is 23.8 Å². The Kier molecular flexibility index (Phi) is 4.61. The van der Waals surface area contributed by atoms with Crippen molar-refractivity contribution in [2.45, 2.75) is 38.0 Å². The second-order valence-electron chi connectivity index (χ2n) is 5.17. The van der Waals surface area contributed by atoms with Crippen molar-refractivity contribution in [1.29, 1.82) is 0 Å². The zero-order valence-electron chi connectivity index (χ0n) is 11.4. The number of hydrogen-bond acceptors (Lipinski definition) is 4. The third-order valence-electron chi connectivity index (χ3n) is 3.86. The van der Waals surface area contributed by atoms with Gasteiger partial charge in [-0.2, -0.15) is 0 Å². The van der Waals surface area contributed by atoms with Gasteiger partial charge in [-0.15, -0.1) is 0 Å². The first-order valence-electron chi connectivity index (χ1n) is 6.98. The lowest BCUT2D eigenvalue weighted by Gasteiger charge is -2.26. The first-order valence-corrected chi connectivity index (χ1v) is 6.98. The maximum Gasteiger partial charge on any atom is 0.250 e. The molecule has 108 valence electrons. The highest BCUT2D eigenvalue weighted by Gasteiger charge is 2.24. The topological polar surface area (TPSA) is 92.4 Å². The molecule has 0 saturated heterocycles. The number of amides is 1. The number of rotatable bonds is 5. The number of aldehydes is 1. The lowest BCUT2D eigenvalue weighted by molar-refractivity contribution is -0.106. The first kappa shape index (κ1) is 14.4. The molecule has 1 aliphatic rings. The number of carbonyl (C=O) groups excluding carboxylic acids is 2. The van der Waals surface area contributed by atoms with Crippen LogP contribution in [0.4, 0.5) is 5.69 Å². The Morgan fingerprint density at radius 3 is 2.65 bits per heavy atom. The SMILES string of the molecule is NC(=O)c1ccc(O)c(C2CCCCC2)c1NCC=O. The van der Waals surface area contributed by atoms with Crippen molar-refractivity contribution in [2.75, 3.05) is 11.9 Å². The monoisotopic (exact) mass is 276 g/mol. The fourth-order valence-corrected chi connectivity index (χ4v) is 2.95. The minimum absolute atomic E-state index is 0.0868. The molecule has 1 aromatic rings. The number of nitrogens with two attached hydrogens (primary N) is 1. The molecule has 5 nitrogen and oxygen atoms in total. The van der Waals surface area contributed by atoms with Gasteiger partial charge < -0.3 is 21.0 Å². The Morgan fingerprint density at radius 2 is 2.05 bits per heavy atom. The van der Waals surface area contributed by atoms with E-state index < -0.39 is 5.91 Å². The first-order chi connectivity index (χ1) is 9.65. The van der Waals surface area contributed by atoms with Crippen LogP contribution < -0.4 is 11.1 Å². The molecule has 1 aliphatic carbocycles. The predicted molar refractivity (Wildman–Crippen MR) is 77.0 cm³/mol. The van der Waals surface area contributed by atoms with Gasteiger partial charge in [-0.25, -0.2) is 0 Å². The van der Waals surface area contributed by atoms with Gasteiger partial charge in [0.25, 0.3) is 5.91 Å². The Labute approximate surface area is 118 Å². The fraction of sp³-hybridized carbons (Fsp3) is 0.467. The lowest BCUT2D eigenvalue weighted by atomic mass is 9.82. The summed E-state index contributed by atoms with van der Waals surface area (Å²) in [7, 11) is 0. The van der Waals surface area contributed by atoms with Crippen LogP contribution in [-0.2, 0) is 4.79 Å². The molecule has 0 bridgehead atoms. The summed E-state index contributed by atoms with van der Waals surface area (Å²) in [6.45, 7) is 0.0868. The van der Waals surface area contributed by atoms with Crippen molar-refractivity contribution in [2.24, 2.45) is 5.73 Å². The van der Waals surface area contributed by atoms with Gasteiger partial charge in [0.15, 0.2) is 0 Å². The number of benzene rings is 1. The van der Waals surface area contributed by atoms with Crippen molar-refractivity contribution < 1.29 is 14.7 Å². The average molecular weight is 276 g/mol. The van der Waals surface area contributed by atoms with Gasteiger partial charge in [-0.3, -0.25) is 4.79 Å². The summed E-state index contributed by atoms with van der Waals surface area (Å²) in [6.07, 6.45) is 6.09. The minimum Gasteiger partial charge on any atom is -0.508 e. The summed E-state index contributed by atoms with van der Waals surface area (Å²) in [5.41, 5.74) is 6.95. The highest BCUT2D eigenvalue weighted by atomic mass is 16.3. The van der Waals surface area contributed by atoms with Gasteiger partial charge in [-0.1, -0.05) is 19.3 Å². The quantitative estimate of drug-likeness (QED) is 0.718. The number of nitrogens with one attached hydrogen (secondary N) is 1. The maximum atomic E-state index is 11.5. The molecule has 0 unspecified atom stereocenters. The molecule has 0 aromatic heterocycles. The van der Waals surface area contributed by atoms with Gasteiger partial charge in [0.1, 0.15) is 12.0 Å². The zero-order chi connectivity index (χ0) is 14.5. The van der Waals surface area contributed by atoms with E-state index in [-0.39, 0.29) is 18.2 Å². The molecule has 1 amide bonds. The maximum absolute atomic E-state index is 11.5. The molecule has 2 rings (SSSR count). The van der Waals surface area contributed by atoms with Crippen LogP contribution >= 0.6 is 0 Å². The van der Waals surface area contributed by atoms with E-state index in [2.05, 4.69) is 5.32 Å². The standard InChI is InChI=1S/C15H20N2O3/c16-15(20)11-6-7-12(19)13(14(11)17-8-9-18)10-4-2-1-3-5-10/h6-7,9-10,17,19H,1-5,8H2,(H2,16,20). The largest absolute Gasteiger partial charge is 0.508 e. The summed E-state index contributed by atoms with van der Waals surface area (Å²) >= 11 is 0. The van der Waals surface area contributed by atoms with Crippen LogP contribution in [0.2, 0.25) is 0 Å². The van der Waals surface area contributed by atoms with Crippen LogP contribution in [0.25, 0.3) is 0 Å². The van der Waals surface area contributed by atoms with Gasteiger partial charge in [0.2, 0.25) is 0 Å². The summed E-state index contributed by atoms with van der Waals surface area (Å²) in [4.78, 5) is 22.1. The van der Waals surface area contributed by atoms with Gasteiger partial charge in [-0.05, 0) is 30.9 Å². The van der Waals surface area contributed by atoms with Crippen molar-refractivity contribution in [3.05, 3.63) is 23.3 Å². The predicted octanol–water partition coefficient (Wildman–Crippen LogP) is 2.15. The van der Waals surface area contributed by atoms with E-state index in [1.165, 1.54) is 18.6 Å². The van der Waals surface area contributed by atoms with E-state index in [0.29, 0.717) is 11.3 Å². The molecule has 5 heteroatoms. The normalized spacial score (nSPS) is 15.8. The van der Waals surface area contributed by atoms with Crippen LogP contribution in [0.5, 0.6) is 5.75 Å². The zero-order valence-corrected chi connectivity index (χ0v) is 11.4. The smallest absolute Gasteiger partial charge is 0.250 e. The molecule has 0 heterocycles. The van der Waals surface area contributed by atoms with Crippen molar-refractivity contribution >= 4 is 17.9 Å².